The lowest BCUT2D eigenvalue weighted by molar-refractivity contribution is 0.307. The Labute approximate surface area is 58.9 Å². The maximum Gasteiger partial charge on any atom is 0.127 e. The number of aliphatic hydroxyl groups excluding tert-OH is 1. The van der Waals surface area contributed by atoms with Crippen LogP contribution in [0.2, 0.25) is 0 Å². The lowest BCUT2D eigenvalue weighted by atomic mass is 10.1. The van der Waals surface area contributed by atoms with Crippen molar-refractivity contribution in [2.45, 2.75) is 13.0 Å². The van der Waals surface area contributed by atoms with Crippen LogP contribution in [-0.4, -0.2) is 21.8 Å². The second-order valence-electron chi connectivity index (χ2n) is 1.89. The summed E-state index contributed by atoms with van der Waals surface area (Å²) in [4.78, 5) is 4.40. The fourth-order valence-corrected chi connectivity index (χ4v) is 0.827. The maximum atomic E-state index is 9.12. The van der Waals surface area contributed by atoms with Crippen molar-refractivity contribution in [2.75, 3.05) is 0 Å². The van der Waals surface area contributed by atoms with Gasteiger partial charge in [-0.2, -0.15) is 0 Å². The van der Waals surface area contributed by atoms with E-state index in [1.54, 1.807) is 19.2 Å². The van der Waals surface area contributed by atoms with Crippen molar-refractivity contribution in [1.29, 1.82) is 0 Å². The van der Waals surface area contributed by atoms with E-state index in [1.807, 2.05) is 0 Å². The first-order valence-electron chi connectivity index (χ1n) is 2.64. The Kier molecular flexibility index (Phi) is 1.73. The van der Waals surface area contributed by atoms with Crippen molar-refractivity contribution in [1.82, 2.24) is 0 Å². The summed E-state index contributed by atoms with van der Waals surface area (Å²) in [5, 5.41) is 9.12. The first-order valence-corrected chi connectivity index (χ1v) is 3.05. The number of rotatable bonds is 0. The normalized spacial score (nSPS) is 26.2. The molecule has 0 spiro atoms. The Bertz CT molecular complexity index is 195. The molecule has 1 unspecified atom stereocenters. The number of aliphatic imine (C=N–C) groups is 1. The fourth-order valence-electron chi connectivity index (χ4n) is 0.596. The molecule has 1 atom stereocenters. The van der Waals surface area contributed by atoms with Crippen molar-refractivity contribution in [3.63, 3.8) is 0 Å². The van der Waals surface area contributed by atoms with Gasteiger partial charge in [0.15, 0.2) is 0 Å². The van der Waals surface area contributed by atoms with E-state index in [0.717, 1.165) is 0 Å². The summed E-state index contributed by atoms with van der Waals surface area (Å²) in [5.74, 6) is 0. The molecular formula is C6H7NOS. The molecule has 0 aliphatic carbocycles. The Morgan fingerprint density at radius 2 is 2.44 bits per heavy atom. The molecule has 0 aromatic rings. The number of thiocarbonyl (C=S) groups is 1. The zero-order chi connectivity index (χ0) is 6.85. The zero-order valence-electron chi connectivity index (χ0n) is 5.03. The molecule has 1 heterocycles. The third kappa shape index (κ3) is 1.23. The van der Waals surface area contributed by atoms with Gasteiger partial charge in [0.25, 0.3) is 0 Å². The molecular weight excluding hydrogens is 134 g/mol. The average Bonchev–Trinajstić information content (AvgIpc) is 1.83. The SMILES string of the molecule is CC1=NC=CC(=S)C1O. The van der Waals surface area contributed by atoms with E-state index < -0.39 is 6.10 Å². The topological polar surface area (TPSA) is 32.6 Å². The molecule has 1 rings (SSSR count). The molecule has 0 amide bonds. The molecule has 0 saturated heterocycles. The van der Waals surface area contributed by atoms with Gasteiger partial charge in [0.05, 0.1) is 4.86 Å². The quantitative estimate of drug-likeness (QED) is 0.504. The van der Waals surface area contributed by atoms with Gasteiger partial charge < -0.3 is 5.11 Å². The minimum absolute atomic E-state index is 0.544. The highest BCUT2D eigenvalue weighted by Gasteiger charge is 2.13. The molecule has 0 saturated carbocycles. The van der Waals surface area contributed by atoms with Crippen molar-refractivity contribution in [2.24, 2.45) is 4.99 Å². The maximum absolute atomic E-state index is 9.12. The van der Waals surface area contributed by atoms with Gasteiger partial charge in [0, 0.05) is 11.9 Å². The lowest BCUT2D eigenvalue weighted by Crippen LogP contribution is -2.26. The summed E-state index contributed by atoms with van der Waals surface area (Å²) in [7, 11) is 0. The van der Waals surface area contributed by atoms with Gasteiger partial charge in [-0.25, -0.2) is 0 Å². The van der Waals surface area contributed by atoms with Crippen LogP contribution < -0.4 is 0 Å². The summed E-state index contributed by atoms with van der Waals surface area (Å²) in [6, 6.07) is 0. The van der Waals surface area contributed by atoms with E-state index in [9.17, 15) is 0 Å². The Morgan fingerprint density at radius 1 is 1.78 bits per heavy atom. The highest BCUT2D eigenvalue weighted by molar-refractivity contribution is 7.81. The Balaban J connectivity index is 2.86. The van der Waals surface area contributed by atoms with Crippen LogP contribution >= 0.6 is 12.2 Å². The second kappa shape index (κ2) is 2.37. The highest BCUT2D eigenvalue weighted by Crippen LogP contribution is 2.01. The van der Waals surface area contributed by atoms with Gasteiger partial charge in [-0.15, -0.1) is 0 Å². The lowest BCUT2D eigenvalue weighted by Gasteiger charge is -2.10. The Hall–Kier alpha value is -0.540. The first-order chi connectivity index (χ1) is 4.22. The number of hydrogen-bond donors (Lipinski definition) is 1. The molecule has 48 valence electrons. The van der Waals surface area contributed by atoms with Gasteiger partial charge in [-0.3, -0.25) is 4.99 Å². The summed E-state index contributed by atoms with van der Waals surface area (Å²) in [5.41, 5.74) is 0.669. The van der Waals surface area contributed by atoms with Crippen LogP contribution in [0.4, 0.5) is 0 Å². The van der Waals surface area contributed by atoms with Gasteiger partial charge in [-0.1, -0.05) is 12.2 Å². The molecule has 1 N–H and O–H groups in total. The summed E-state index contributed by atoms with van der Waals surface area (Å²) in [6.45, 7) is 1.75. The number of nitrogens with zero attached hydrogens (tertiary/aromatic N) is 1. The van der Waals surface area contributed by atoms with Gasteiger partial charge >= 0.3 is 0 Å². The number of aliphatic hydroxyl groups is 1. The molecule has 0 radical (unpaired) electrons. The van der Waals surface area contributed by atoms with Crippen LogP contribution in [0.3, 0.4) is 0 Å². The van der Waals surface area contributed by atoms with Gasteiger partial charge in [-0.05, 0) is 13.0 Å². The molecule has 3 heteroatoms. The van der Waals surface area contributed by atoms with Gasteiger partial charge in [0.1, 0.15) is 6.10 Å². The van der Waals surface area contributed by atoms with Crippen LogP contribution in [0.15, 0.2) is 17.3 Å². The van der Waals surface area contributed by atoms with E-state index in [0.29, 0.717) is 10.6 Å². The van der Waals surface area contributed by atoms with Crippen LogP contribution in [0.5, 0.6) is 0 Å². The third-order valence-electron chi connectivity index (χ3n) is 1.18. The highest BCUT2D eigenvalue weighted by atomic mass is 32.1. The molecule has 0 aromatic heterocycles. The van der Waals surface area contributed by atoms with Crippen LogP contribution in [0.1, 0.15) is 6.92 Å². The Morgan fingerprint density at radius 3 is 2.89 bits per heavy atom. The molecule has 9 heavy (non-hydrogen) atoms. The summed E-state index contributed by atoms with van der Waals surface area (Å²) in [6.07, 6.45) is 2.60. The molecule has 1 aliphatic rings. The molecule has 0 bridgehead atoms. The zero-order valence-corrected chi connectivity index (χ0v) is 5.85. The second-order valence-corrected chi connectivity index (χ2v) is 2.36. The number of hydrogen-bond acceptors (Lipinski definition) is 3. The first kappa shape index (κ1) is 6.58. The van der Waals surface area contributed by atoms with Crippen molar-refractivity contribution in [3.8, 4) is 0 Å². The fraction of sp³-hybridized carbons (Fsp3) is 0.333. The van der Waals surface area contributed by atoms with Crippen LogP contribution in [-0.2, 0) is 0 Å². The minimum Gasteiger partial charge on any atom is -0.382 e. The largest absolute Gasteiger partial charge is 0.382 e. The summed E-state index contributed by atoms with van der Waals surface area (Å²) >= 11 is 4.79. The van der Waals surface area contributed by atoms with E-state index in [-0.39, 0.29) is 0 Å². The third-order valence-corrected chi connectivity index (χ3v) is 1.54. The van der Waals surface area contributed by atoms with Crippen molar-refractivity contribution < 1.29 is 5.11 Å². The van der Waals surface area contributed by atoms with E-state index in [1.165, 1.54) is 0 Å². The van der Waals surface area contributed by atoms with Gasteiger partial charge in [0.2, 0.25) is 0 Å². The summed E-state index contributed by atoms with van der Waals surface area (Å²) < 4.78 is 0. The monoisotopic (exact) mass is 141 g/mol. The smallest absolute Gasteiger partial charge is 0.127 e. The van der Waals surface area contributed by atoms with E-state index >= 15 is 0 Å². The molecule has 0 fully saturated rings. The molecule has 0 aromatic carbocycles. The van der Waals surface area contributed by atoms with Crippen LogP contribution in [0.25, 0.3) is 0 Å². The van der Waals surface area contributed by atoms with Crippen molar-refractivity contribution >= 4 is 22.8 Å². The molecule has 1 aliphatic heterocycles. The van der Waals surface area contributed by atoms with Crippen LogP contribution in [0, 0.1) is 0 Å². The van der Waals surface area contributed by atoms with Crippen molar-refractivity contribution in [3.05, 3.63) is 12.3 Å². The predicted molar refractivity (Wildman–Crippen MR) is 40.9 cm³/mol. The average molecular weight is 141 g/mol. The minimum atomic E-state index is -0.634. The predicted octanol–water partition coefficient (Wildman–Crippen LogP) is 0.705. The standard InChI is InChI=1S/C6H7NOS/c1-4-6(8)5(9)2-3-7-4/h2-3,6,8H,1H3. The van der Waals surface area contributed by atoms with E-state index in [4.69, 9.17) is 17.3 Å². The molecule has 2 nitrogen and oxygen atoms in total. The van der Waals surface area contributed by atoms with E-state index in [2.05, 4.69) is 4.99 Å².